The first-order chi connectivity index (χ1) is 5.75. The number of rotatable bonds is 2. The quantitative estimate of drug-likeness (QED) is 0.691. The predicted octanol–water partition coefficient (Wildman–Crippen LogP) is 2.93. The third-order valence-electron chi connectivity index (χ3n) is 1.59. The first kappa shape index (κ1) is 8.14. The highest BCUT2D eigenvalue weighted by molar-refractivity contribution is 6.33. The highest BCUT2D eigenvalue weighted by Gasteiger charge is 2.24. The normalized spacial score (nSPS) is 16.2. The van der Waals surface area contributed by atoms with Crippen LogP contribution in [0.2, 0.25) is 10.2 Å². The summed E-state index contributed by atoms with van der Waals surface area (Å²) in [4.78, 5) is 3.87. The van der Waals surface area contributed by atoms with E-state index in [2.05, 4.69) is 4.98 Å². The maximum absolute atomic E-state index is 5.77. The Bertz CT molecular complexity index is 299. The van der Waals surface area contributed by atoms with E-state index in [4.69, 9.17) is 27.9 Å². The molecule has 1 fully saturated rings. The van der Waals surface area contributed by atoms with Crippen molar-refractivity contribution in [3.05, 3.63) is 22.4 Å². The zero-order chi connectivity index (χ0) is 8.55. The highest BCUT2D eigenvalue weighted by Crippen LogP contribution is 2.31. The number of ether oxygens (including phenoxy) is 1. The van der Waals surface area contributed by atoms with Gasteiger partial charge in [-0.15, -0.1) is 0 Å². The van der Waals surface area contributed by atoms with Crippen LogP contribution in [-0.4, -0.2) is 11.1 Å². The fourth-order valence-corrected chi connectivity index (χ4v) is 1.15. The molecule has 0 bridgehead atoms. The van der Waals surface area contributed by atoms with Crippen LogP contribution in [0, 0.1) is 0 Å². The number of halogens is 2. The SMILES string of the molecule is Clc1cnc(Cl)c(OC2CC2)c1. The van der Waals surface area contributed by atoms with E-state index in [0.717, 1.165) is 12.8 Å². The molecule has 1 aromatic heterocycles. The first-order valence-electron chi connectivity index (χ1n) is 3.73. The van der Waals surface area contributed by atoms with Gasteiger partial charge in [0.1, 0.15) is 0 Å². The molecule has 1 aliphatic carbocycles. The lowest BCUT2D eigenvalue weighted by atomic mass is 10.4. The monoisotopic (exact) mass is 203 g/mol. The van der Waals surface area contributed by atoms with Crippen LogP contribution < -0.4 is 4.74 Å². The third-order valence-corrected chi connectivity index (χ3v) is 2.08. The van der Waals surface area contributed by atoms with Crippen LogP contribution in [0.25, 0.3) is 0 Å². The van der Waals surface area contributed by atoms with Crippen molar-refractivity contribution in [2.45, 2.75) is 18.9 Å². The third kappa shape index (κ3) is 1.82. The van der Waals surface area contributed by atoms with Crippen LogP contribution in [0.3, 0.4) is 0 Å². The Morgan fingerprint density at radius 1 is 1.42 bits per heavy atom. The highest BCUT2D eigenvalue weighted by atomic mass is 35.5. The van der Waals surface area contributed by atoms with Crippen molar-refractivity contribution in [1.29, 1.82) is 0 Å². The van der Waals surface area contributed by atoms with Gasteiger partial charge in [0.15, 0.2) is 10.9 Å². The number of pyridine rings is 1. The predicted molar refractivity (Wildman–Crippen MR) is 47.9 cm³/mol. The maximum atomic E-state index is 5.77. The molecular formula is C8H7Cl2NO. The van der Waals surface area contributed by atoms with Gasteiger partial charge in [0.2, 0.25) is 0 Å². The second-order valence-electron chi connectivity index (χ2n) is 2.76. The van der Waals surface area contributed by atoms with Gasteiger partial charge in [0.25, 0.3) is 0 Å². The lowest BCUT2D eigenvalue weighted by molar-refractivity contribution is 0.302. The van der Waals surface area contributed by atoms with Gasteiger partial charge in [0, 0.05) is 12.3 Å². The van der Waals surface area contributed by atoms with Crippen LogP contribution in [-0.2, 0) is 0 Å². The van der Waals surface area contributed by atoms with Crippen molar-refractivity contribution in [1.82, 2.24) is 4.98 Å². The van der Waals surface area contributed by atoms with Crippen molar-refractivity contribution in [2.75, 3.05) is 0 Å². The summed E-state index contributed by atoms with van der Waals surface area (Å²) >= 11 is 11.5. The van der Waals surface area contributed by atoms with E-state index in [1.807, 2.05) is 0 Å². The fourth-order valence-electron chi connectivity index (χ4n) is 0.852. The lowest BCUT2D eigenvalue weighted by Crippen LogP contribution is -1.97. The Kier molecular flexibility index (Phi) is 2.11. The second kappa shape index (κ2) is 3.11. The molecule has 1 heterocycles. The molecule has 1 saturated carbocycles. The number of aromatic nitrogens is 1. The summed E-state index contributed by atoms with van der Waals surface area (Å²) in [6, 6.07) is 1.69. The molecule has 0 atom stereocenters. The molecule has 64 valence electrons. The minimum absolute atomic E-state index is 0.322. The fraction of sp³-hybridized carbons (Fsp3) is 0.375. The summed E-state index contributed by atoms with van der Waals surface area (Å²) in [5.41, 5.74) is 0. The van der Waals surface area contributed by atoms with Gasteiger partial charge in [-0.25, -0.2) is 4.98 Å². The van der Waals surface area contributed by atoms with Gasteiger partial charge in [-0.2, -0.15) is 0 Å². The van der Waals surface area contributed by atoms with Gasteiger partial charge in [-0.3, -0.25) is 0 Å². The number of hydrogen-bond acceptors (Lipinski definition) is 2. The molecule has 0 aromatic carbocycles. The summed E-state index contributed by atoms with van der Waals surface area (Å²) in [5, 5.41) is 0.932. The van der Waals surface area contributed by atoms with Crippen LogP contribution in [0.1, 0.15) is 12.8 Å². The van der Waals surface area contributed by atoms with E-state index in [1.54, 1.807) is 6.07 Å². The van der Waals surface area contributed by atoms with E-state index in [0.29, 0.717) is 22.0 Å². The van der Waals surface area contributed by atoms with Crippen LogP contribution in [0.5, 0.6) is 5.75 Å². The molecule has 0 aliphatic heterocycles. The summed E-state index contributed by atoms with van der Waals surface area (Å²) < 4.78 is 5.46. The van der Waals surface area contributed by atoms with E-state index >= 15 is 0 Å². The van der Waals surface area contributed by atoms with Gasteiger partial charge < -0.3 is 4.74 Å². The lowest BCUT2D eigenvalue weighted by Gasteiger charge is -2.04. The summed E-state index contributed by atoms with van der Waals surface area (Å²) in [7, 11) is 0. The average Bonchev–Trinajstić information content (AvgIpc) is 2.81. The summed E-state index contributed by atoms with van der Waals surface area (Å²) in [5.74, 6) is 0.590. The average molecular weight is 204 g/mol. The molecule has 0 spiro atoms. The van der Waals surface area contributed by atoms with Crippen molar-refractivity contribution in [3.8, 4) is 5.75 Å². The van der Waals surface area contributed by atoms with E-state index < -0.39 is 0 Å². The molecule has 0 saturated heterocycles. The van der Waals surface area contributed by atoms with E-state index in [1.165, 1.54) is 6.20 Å². The van der Waals surface area contributed by atoms with Crippen molar-refractivity contribution < 1.29 is 4.74 Å². The van der Waals surface area contributed by atoms with Gasteiger partial charge in [-0.05, 0) is 12.8 Å². The topological polar surface area (TPSA) is 22.1 Å². The Labute approximate surface area is 80.5 Å². The zero-order valence-electron chi connectivity index (χ0n) is 6.26. The molecular weight excluding hydrogens is 197 g/mol. The van der Waals surface area contributed by atoms with Crippen LogP contribution in [0.15, 0.2) is 12.3 Å². The Balaban J connectivity index is 2.21. The Morgan fingerprint density at radius 2 is 2.17 bits per heavy atom. The first-order valence-corrected chi connectivity index (χ1v) is 4.49. The molecule has 1 aliphatic rings. The summed E-state index contributed by atoms with van der Waals surface area (Å²) in [6.45, 7) is 0. The van der Waals surface area contributed by atoms with Crippen LogP contribution >= 0.6 is 23.2 Å². The standard InChI is InChI=1S/C8H7Cl2NO/c9-5-3-7(8(10)11-4-5)12-6-1-2-6/h3-4,6H,1-2H2. The molecule has 2 nitrogen and oxygen atoms in total. The van der Waals surface area contributed by atoms with Crippen molar-refractivity contribution in [2.24, 2.45) is 0 Å². The molecule has 0 radical (unpaired) electrons. The minimum atomic E-state index is 0.322. The zero-order valence-corrected chi connectivity index (χ0v) is 7.77. The largest absolute Gasteiger partial charge is 0.487 e. The molecule has 0 unspecified atom stereocenters. The Hall–Kier alpha value is -0.470. The second-order valence-corrected chi connectivity index (χ2v) is 3.55. The molecule has 2 rings (SSSR count). The van der Waals surface area contributed by atoms with Gasteiger partial charge in [0.05, 0.1) is 11.1 Å². The Morgan fingerprint density at radius 3 is 2.83 bits per heavy atom. The van der Waals surface area contributed by atoms with Crippen molar-refractivity contribution >= 4 is 23.2 Å². The molecule has 4 heteroatoms. The molecule has 0 amide bonds. The number of hydrogen-bond donors (Lipinski definition) is 0. The van der Waals surface area contributed by atoms with Crippen LogP contribution in [0.4, 0.5) is 0 Å². The van der Waals surface area contributed by atoms with E-state index in [9.17, 15) is 0 Å². The maximum Gasteiger partial charge on any atom is 0.171 e. The molecule has 1 aromatic rings. The van der Waals surface area contributed by atoms with E-state index in [-0.39, 0.29) is 0 Å². The number of nitrogens with zero attached hydrogens (tertiary/aromatic N) is 1. The summed E-state index contributed by atoms with van der Waals surface area (Å²) in [6.07, 6.45) is 4.03. The molecule has 0 N–H and O–H groups in total. The molecule has 12 heavy (non-hydrogen) atoms. The van der Waals surface area contributed by atoms with Crippen molar-refractivity contribution in [3.63, 3.8) is 0 Å². The smallest absolute Gasteiger partial charge is 0.171 e. The van der Waals surface area contributed by atoms with Gasteiger partial charge in [-0.1, -0.05) is 23.2 Å². The minimum Gasteiger partial charge on any atom is -0.487 e. The van der Waals surface area contributed by atoms with Gasteiger partial charge >= 0.3 is 0 Å².